The number of fused-ring (bicyclic) bond motifs is 1. The van der Waals surface area contributed by atoms with Gasteiger partial charge < -0.3 is 10.3 Å². The van der Waals surface area contributed by atoms with Crippen molar-refractivity contribution in [3.8, 4) is 0 Å². The fraction of sp³-hybridized carbons (Fsp3) is 0.333. The van der Waals surface area contributed by atoms with Crippen molar-refractivity contribution in [2.75, 3.05) is 0 Å². The van der Waals surface area contributed by atoms with Gasteiger partial charge in [-0.1, -0.05) is 12.1 Å². The molecule has 0 radical (unpaired) electrons. The van der Waals surface area contributed by atoms with Gasteiger partial charge in [0.25, 0.3) is 0 Å². The maximum Gasteiger partial charge on any atom is 0.0483 e. The average molecular weight is 188 g/mol. The normalized spacial score (nSPS) is 13.4. The van der Waals surface area contributed by atoms with Crippen LogP contribution < -0.4 is 5.73 Å². The van der Waals surface area contributed by atoms with Crippen molar-refractivity contribution in [2.45, 2.75) is 19.9 Å². The fourth-order valence-electron chi connectivity index (χ4n) is 1.89. The lowest BCUT2D eigenvalue weighted by molar-refractivity contribution is 0.815. The van der Waals surface area contributed by atoms with Crippen LogP contribution in [0.2, 0.25) is 0 Å². The molecule has 0 fully saturated rings. The number of nitrogens with zero attached hydrogens (tertiary/aromatic N) is 1. The first-order valence-corrected chi connectivity index (χ1v) is 4.91. The molecule has 0 saturated heterocycles. The second-order valence-electron chi connectivity index (χ2n) is 4.00. The third kappa shape index (κ3) is 1.32. The third-order valence-corrected chi connectivity index (χ3v) is 2.67. The molecule has 1 aromatic carbocycles. The fourth-order valence-corrected chi connectivity index (χ4v) is 1.89. The van der Waals surface area contributed by atoms with Gasteiger partial charge in [-0.15, -0.1) is 0 Å². The largest absolute Gasteiger partial charge is 0.350 e. The van der Waals surface area contributed by atoms with Gasteiger partial charge >= 0.3 is 0 Å². The summed E-state index contributed by atoms with van der Waals surface area (Å²) < 4.78 is 2.14. The van der Waals surface area contributed by atoms with Gasteiger partial charge in [-0.2, -0.15) is 0 Å². The van der Waals surface area contributed by atoms with Crippen LogP contribution in [-0.4, -0.2) is 4.57 Å². The van der Waals surface area contributed by atoms with E-state index in [0.29, 0.717) is 0 Å². The molecule has 1 atom stereocenters. The van der Waals surface area contributed by atoms with Crippen molar-refractivity contribution in [3.63, 3.8) is 0 Å². The molecule has 0 aliphatic rings. The highest BCUT2D eigenvalue weighted by Crippen LogP contribution is 2.25. The van der Waals surface area contributed by atoms with Crippen molar-refractivity contribution < 1.29 is 0 Å². The number of nitrogens with two attached hydrogens (primary N) is 1. The topological polar surface area (TPSA) is 30.9 Å². The molecule has 0 bridgehead atoms. The molecular formula is C12H16N2. The van der Waals surface area contributed by atoms with Gasteiger partial charge in [0.15, 0.2) is 0 Å². The standard InChI is InChI=1S/C12H16N2/c1-8-4-5-10-11(9(2)13)7-14(3)12(10)6-8/h4-7,9H,13H2,1-3H3/t9-/m0/s1. The van der Waals surface area contributed by atoms with Crippen molar-refractivity contribution in [3.05, 3.63) is 35.5 Å². The molecule has 2 nitrogen and oxygen atoms in total. The van der Waals surface area contributed by atoms with Crippen molar-refractivity contribution in [1.29, 1.82) is 0 Å². The first kappa shape index (κ1) is 9.28. The molecule has 14 heavy (non-hydrogen) atoms. The van der Waals surface area contributed by atoms with Crippen molar-refractivity contribution in [2.24, 2.45) is 12.8 Å². The zero-order valence-electron chi connectivity index (χ0n) is 8.91. The van der Waals surface area contributed by atoms with E-state index in [4.69, 9.17) is 5.73 Å². The number of aromatic nitrogens is 1. The monoisotopic (exact) mass is 188 g/mol. The Morgan fingerprint density at radius 2 is 2.07 bits per heavy atom. The van der Waals surface area contributed by atoms with Crippen LogP contribution in [0.25, 0.3) is 10.9 Å². The average Bonchev–Trinajstić information content (AvgIpc) is 2.44. The van der Waals surface area contributed by atoms with E-state index in [2.05, 4.69) is 42.9 Å². The van der Waals surface area contributed by atoms with E-state index in [1.165, 1.54) is 22.0 Å². The lowest BCUT2D eigenvalue weighted by Crippen LogP contribution is -2.03. The summed E-state index contributed by atoms with van der Waals surface area (Å²) in [5.74, 6) is 0. The summed E-state index contributed by atoms with van der Waals surface area (Å²) in [6.45, 7) is 4.13. The molecule has 0 spiro atoms. The SMILES string of the molecule is Cc1ccc2c([C@H](C)N)cn(C)c2c1. The van der Waals surface area contributed by atoms with E-state index in [0.717, 1.165) is 0 Å². The number of benzene rings is 1. The molecule has 2 aromatic rings. The zero-order valence-corrected chi connectivity index (χ0v) is 8.91. The maximum absolute atomic E-state index is 5.92. The Labute approximate surface area is 84.3 Å². The maximum atomic E-state index is 5.92. The molecule has 2 N–H and O–H groups in total. The van der Waals surface area contributed by atoms with Gasteiger partial charge in [0.2, 0.25) is 0 Å². The molecule has 0 amide bonds. The summed E-state index contributed by atoms with van der Waals surface area (Å²) in [5, 5.41) is 1.27. The minimum atomic E-state index is 0.0985. The van der Waals surface area contributed by atoms with E-state index in [1.807, 2.05) is 6.92 Å². The zero-order chi connectivity index (χ0) is 10.3. The molecular weight excluding hydrogens is 172 g/mol. The Morgan fingerprint density at radius 3 is 2.71 bits per heavy atom. The predicted octanol–water partition coefficient (Wildman–Crippen LogP) is 2.51. The quantitative estimate of drug-likeness (QED) is 0.732. The van der Waals surface area contributed by atoms with Gasteiger partial charge in [-0.05, 0) is 31.0 Å². The number of rotatable bonds is 1. The number of hydrogen-bond acceptors (Lipinski definition) is 1. The smallest absolute Gasteiger partial charge is 0.0483 e. The summed E-state index contributed by atoms with van der Waals surface area (Å²) in [5.41, 5.74) is 9.69. The van der Waals surface area contributed by atoms with Gasteiger partial charge in [0.05, 0.1) is 0 Å². The molecule has 0 saturated carbocycles. The number of hydrogen-bond donors (Lipinski definition) is 1. The Hall–Kier alpha value is -1.28. The van der Waals surface area contributed by atoms with E-state index in [1.54, 1.807) is 0 Å². The Balaban J connectivity index is 2.77. The Bertz CT molecular complexity index is 466. The molecule has 1 heterocycles. The van der Waals surface area contributed by atoms with Crippen LogP contribution in [0.3, 0.4) is 0 Å². The highest BCUT2D eigenvalue weighted by Gasteiger charge is 2.09. The van der Waals surface area contributed by atoms with Crippen LogP contribution in [0.5, 0.6) is 0 Å². The van der Waals surface area contributed by atoms with Crippen LogP contribution in [0, 0.1) is 6.92 Å². The molecule has 74 valence electrons. The number of aryl methyl sites for hydroxylation is 2. The third-order valence-electron chi connectivity index (χ3n) is 2.67. The summed E-state index contributed by atoms with van der Waals surface area (Å²) >= 11 is 0. The Kier molecular flexibility index (Phi) is 2.08. The van der Waals surface area contributed by atoms with Crippen molar-refractivity contribution >= 4 is 10.9 Å². The molecule has 0 aliphatic carbocycles. The highest BCUT2D eigenvalue weighted by molar-refractivity contribution is 5.85. The lowest BCUT2D eigenvalue weighted by Gasteiger charge is -2.02. The molecule has 2 heteroatoms. The van der Waals surface area contributed by atoms with Crippen LogP contribution >= 0.6 is 0 Å². The van der Waals surface area contributed by atoms with Gasteiger partial charge in [0, 0.05) is 30.2 Å². The van der Waals surface area contributed by atoms with E-state index in [-0.39, 0.29) is 6.04 Å². The summed E-state index contributed by atoms with van der Waals surface area (Å²) in [6, 6.07) is 6.58. The first-order chi connectivity index (χ1) is 6.59. The van der Waals surface area contributed by atoms with Crippen LogP contribution in [0.4, 0.5) is 0 Å². The first-order valence-electron chi connectivity index (χ1n) is 4.91. The summed E-state index contributed by atoms with van der Waals surface area (Å²) in [7, 11) is 2.06. The molecule has 0 aliphatic heterocycles. The van der Waals surface area contributed by atoms with Crippen LogP contribution in [-0.2, 0) is 7.05 Å². The molecule has 0 unspecified atom stereocenters. The minimum absolute atomic E-state index is 0.0985. The van der Waals surface area contributed by atoms with Crippen LogP contribution in [0.1, 0.15) is 24.1 Å². The van der Waals surface area contributed by atoms with Gasteiger partial charge in [0.1, 0.15) is 0 Å². The van der Waals surface area contributed by atoms with E-state index in [9.17, 15) is 0 Å². The van der Waals surface area contributed by atoms with E-state index < -0.39 is 0 Å². The molecule has 1 aromatic heterocycles. The predicted molar refractivity (Wildman–Crippen MR) is 60.3 cm³/mol. The van der Waals surface area contributed by atoms with Gasteiger partial charge in [-0.25, -0.2) is 0 Å². The Morgan fingerprint density at radius 1 is 1.36 bits per heavy atom. The second kappa shape index (κ2) is 3.14. The highest BCUT2D eigenvalue weighted by atomic mass is 14.9. The summed E-state index contributed by atoms with van der Waals surface area (Å²) in [4.78, 5) is 0. The van der Waals surface area contributed by atoms with E-state index >= 15 is 0 Å². The lowest BCUT2D eigenvalue weighted by atomic mass is 10.1. The second-order valence-corrected chi connectivity index (χ2v) is 4.00. The van der Waals surface area contributed by atoms with Gasteiger partial charge in [-0.3, -0.25) is 0 Å². The minimum Gasteiger partial charge on any atom is -0.350 e. The van der Waals surface area contributed by atoms with Crippen molar-refractivity contribution in [1.82, 2.24) is 4.57 Å². The summed E-state index contributed by atoms with van der Waals surface area (Å²) in [6.07, 6.45) is 2.12. The molecule has 2 rings (SSSR count). The van der Waals surface area contributed by atoms with Crippen LogP contribution in [0.15, 0.2) is 24.4 Å².